The van der Waals surface area contributed by atoms with Crippen LogP contribution in [0.25, 0.3) is 0 Å². The van der Waals surface area contributed by atoms with Gasteiger partial charge in [-0.1, -0.05) is 13.0 Å². The maximum atomic E-state index is 11.9. The molecule has 0 atom stereocenters. The van der Waals surface area contributed by atoms with Gasteiger partial charge in [-0.25, -0.2) is 0 Å². The van der Waals surface area contributed by atoms with E-state index in [1.165, 1.54) is 11.3 Å². The summed E-state index contributed by atoms with van der Waals surface area (Å²) in [5.41, 5.74) is 4.14. The van der Waals surface area contributed by atoms with Crippen LogP contribution in [-0.4, -0.2) is 12.5 Å². The highest BCUT2D eigenvalue weighted by molar-refractivity contribution is 6.03. The Bertz CT molecular complexity index is 477. The van der Waals surface area contributed by atoms with Crippen LogP contribution in [-0.2, 0) is 11.2 Å². The van der Waals surface area contributed by atoms with E-state index >= 15 is 0 Å². The van der Waals surface area contributed by atoms with Crippen molar-refractivity contribution in [2.45, 2.75) is 33.1 Å². The van der Waals surface area contributed by atoms with Gasteiger partial charge in [0.25, 0.3) is 5.91 Å². The molecule has 3 heteroatoms. The van der Waals surface area contributed by atoms with Crippen molar-refractivity contribution in [3.05, 3.63) is 35.4 Å². The molecular weight excluding hydrogens is 224 g/mol. The summed E-state index contributed by atoms with van der Waals surface area (Å²) in [7, 11) is 0. The molecule has 3 nitrogen and oxygen atoms in total. The zero-order valence-electron chi connectivity index (χ0n) is 11.0. The summed E-state index contributed by atoms with van der Waals surface area (Å²) in [6.45, 7) is 4.91. The van der Waals surface area contributed by atoms with E-state index in [9.17, 15) is 4.79 Å². The van der Waals surface area contributed by atoms with E-state index in [0.717, 1.165) is 37.1 Å². The van der Waals surface area contributed by atoms with Crippen LogP contribution in [0.3, 0.4) is 0 Å². The average molecular weight is 244 g/mol. The van der Waals surface area contributed by atoms with E-state index < -0.39 is 0 Å². The van der Waals surface area contributed by atoms with Crippen molar-refractivity contribution in [2.24, 2.45) is 0 Å². The van der Waals surface area contributed by atoms with Crippen LogP contribution < -0.4 is 10.6 Å². The Balaban J connectivity index is 2.10. The summed E-state index contributed by atoms with van der Waals surface area (Å²) in [6.07, 6.45) is 5.05. The van der Waals surface area contributed by atoms with Crippen molar-refractivity contribution in [2.75, 3.05) is 17.2 Å². The van der Waals surface area contributed by atoms with Crippen LogP contribution in [0, 0.1) is 0 Å². The van der Waals surface area contributed by atoms with Gasteiger partial charge >= 0.3 is 0 Å². The number of hydrogen-bond donors (Lipinski definition) is 2. The predicted molar refractivity (Wildman–Crippen MR) is 75.9 cm³/mol. The molecule has 0 aliphatic carbocycles. The first-order chi connectivity index (χ1) is 8.70. The number of fused-ring (bicyclic) bond motifs is 1. The van der Waals surface area contributed by atoms with Gasteiger partial charge in [-0.15, -0.1) is 0 Å². The number of carbonyl (C=O) groups is 1. The summed E-state index contributed by atoms with van der Waals surface area (Å²) >= 11 is 0. The summed E-state index contributed by atoms with van der Waals surface area (Å²) in [6, 6.07) is 6.07. The largest absolute Gasteiger partial charge is 0.385 e. The van der Waals surface area contributed by atoms with E-state index in [1.807, 2.05) is 32.1 Å². The molecule has 1 amide bonds. The molecule has 2 N–H and O–H groups in total. The first-order valence-electron chi connectivity index (χ1n) is 6.55. The SMILES string of the molecule is CCC=C(C)C(=O)Nc1ccc2c(c1)CCCN2. The molecule has 96 valence electrons. The lowest BCUT2D eigenvalue weighted by Gasteiger charge is -2.18. The molecule has 1 aliphatic heterocycles. The van der Waals surface area contributed by atoms with Gasteiger partial charge in [0.15, 0.2) is 0 Å². The average Bonchev–Trinajstić information content (AvgIpc) is 2.39. The zero-order chi connectivity index (χ0) is 13.0. The highest BCUT2D eigenvalue weighted by Gasteiger charge is 2.10. The molecule has 18 heavy (non-hydrogen) atoms. The fraction of sp³-hybridized carbons (Fsp3) is 0.400. The first kappa shape index (κ1) is 12.7. The molecule has 0 saturated heterocycles. The highest BCUT2D eigenvalue weighted by Crippen LogP contribution is 2.25. The lowest BCUT2D eigenvalue weighted by Crippen LogP contribution is -2.15. The van der Waals surface area contributed by atoms with Crippen LogP contribution >= 0.6 is 0 Å². The third-order valence-corrected chi connectivity index (χ3v) is 3.17. The Morgan fingerprint density at radius 2 is 2.33 bits per heavy atom. The summed E-state index contributed by atoms with van der Waals surface area (Å²) < 4.78 is 0. The van der Waals surface area contributed by atoms with Gasteiger partial charge in [0.05, 0.1) is 0 Å². The number of rotatable bonds is 3. The minimum atomic E-state index is -0.0134. The smallest absolute Gasteiger partial charge is 0.250 e. The van der Waals surface area contributed by atoms with Crippen molar-refractivity contribution < 1.29 is 4.79 Å². The number of allylic oxidation sites excluding steroid dienone is 1. The molecule has 1 heterocycles. The maximum absolute atomic E-state index is 11.9. The standard InChI is InChI=1S/C15H20N2O/c1-3-5-11(2)15(18)17-13-7-8-14-12(10-13)6-4-9-16-14/h5,7-8,10,16H,3-4,6,9H2,1-2H3,(H,17,18). The van der Waals surface area contributed by atoms with E-state index in [-0.39, 0.29) is 5.91 Å². The summed E-state index contributed by atoms with van der Waals surface area (Å²) in [4.78, 5) is 11.9. The molecule has 1 aromatic rings. The summed E-state index contributed by atoms with van der Waals surface area (Å²) in [5.74, 6) is -0.0134. The number of aryl methyl sites for hydroxylation is 1. The maximum Gasteiger partial charge on any atom is 0.250 e. The van der Waals surface area contributed by atoms with Crippen LogP contribution in [0.4, 0.5) is 11.4 Å². The number of amides is 1. The molecule has 0 saturated carbocycles. The normalized spacial score (nSPS) is 14.7. The van der Waals surface area contributed by atoms with Gasteiger partial charge in [-0.3, -0.25) is 4.79 Å². The Labute approximate surface area is 108 Å². The van der Waals surface area contributed by atoms with Crippen molar-refractivity contribution in [3.63, 3.8) is 0 Å². The molecular formula is C15H20N2O. The topological polar surface area (TPSA) is 41.1 Å². The first-order valence-corrected chi connectivity index (χ1v) is 6.55. The van der Waals surface area contributed by atoms with Gasteiger partial charge < -0.3 is 10.6 Å². The molecule has 0 spiro atoms. The Kier molecular flexibility index (Phi) is 4.03. The monoisotopic (exact) mass is 244 g/mol. The van der Waals surface area contributed by atoms with Gasteiger partial charge in [0, 0.05) is 23.5 Å². The van der Waals surface area contributed by atoms with Crippen molar-refractivity contribution in [3.8, 4) is 0 Å². The molecule has 0 radical (unpaired) electrons. The van der Waals surface area contributed by atoms with Crippen molar-refractivity contribution >= 4 is 17.3 Å². The number of nitrogens with one attached hydrogen (secondary N) is 2. The molecule has 2 rings (SSSR count). The fourth-order valence-corrected chi connectivity index (χ4v) is 2.18. The van der Waals surface area contributed by atoms with E-state index in [4.69, 9.17) is 0 Å². The van der Waals surface area contributed by atoms with Crippen LogP contribution in [0.5, 0.6) is 0 Å². The fourth-order valence-electron chi connectivity index (χ4n) is 2.18. The van der Waals surface area contributed by atoms with E-state index in [1.54, 1.807) is 0 Å². The Hall–Kier alpha value is -1.77. The third kappa shape index (κ3) is 2.92. The van der Waals surface area contributed by atoms with Gasteiger partial charge in [0.2, 0.25) is 0 Å². The molecule has 0 fully saturated rings. The summed E-state index contributed by atoms with van der Waals surface area (Å²) in [5, 5.41) is 6.30. The van der Waals surface area contributed by atoms with Gasteiger partial charge in [-0.05, 0) is 49.9 Å². The second-order valence-electron chi connectivity index (χ2n) is 4.65. The quantitative estimate of drug-likeness (QED) is 0.801. The van der Waals surface area contributed by atoms with Crippen molar-refractivity contribution in [1.29, 1.82) is 0 Å². The molecule has 0 aromatic heterocycles. The Morgan fingerprint density at radius 1 is 1.50 bits per heavy atom. The zero-order valence-corrected chi connectivity index (χ0v) is 11.0. The number of carbonyl (C=O) groups excluding carboxylic acids is 1. The second kappa shape index (κ2) is 5.71. The van der Waals surface area contributed by atoms with E-state index in [2.05, 4.69) is 16.7 Å². The predicted octanol–water partition coefficient (Wildman–Crippen LogP) is 3.34. The number of benzene rings is 1. The lowest BCUT2D eigenvalue weighted by molar-refractivity contribution is -0.112. The minimum absolute atomic E-state index is 0.0134. The second-order valence-corrected chi connectivity index (χ2v) is 4.65. The molecule has 1 aromatic carbocycles. The molecule has 0 unspecified atom stereocenters. The van der Waals surface area contributed by atoms with E-state index in [0.29, 0.717) is 0 Å². The Morgan fingerprint density at radius 3 is 3.11 bits per heavy atom. The lowest BCUT2D eigenvalue weighted by atomic mass is 10.0. The number of hydrogen-bond acceptors (Lipinski definition) is 2. The van der Waals surface area contributed by atoms with Crippen LogP contribution in [0.15, 0.2) is 29.8 Å². The van der Waals surface area contributed by atoms with Crippen molar-refractivity contribution in [1.82, 2.24) is 0 Å². The van der Waals surface area contributed by atoms with Gasteiger partial charge in [-0.2, -0.15) is 0 Å². The highest BCUT2D eigenvalue weighted by atomic mass is 16.1. The van der Waals surface area contributed by atoms with Gasteiger partial charge in [0.1, 0.15) is 0 Å². The molecule has 1 aliphatic rings. The minimum Gasteiger partial charge on any atom is -0.385 e. The van der Waals surface area contributed by atoms with Crippen LogP contribution in [0.2, 0.25) is 0 Å². The van der Waals surface area contributed by atoms with Crippen LogP contribution in [0.1, 0.15) is 32.3 Å². The third-order valence-electron chi connectivity index (χ3n) is 3.17. The number of anilines is 2. The molecule has 0 bridgehead atoms.